The molecule has 0 spiro atoms. The summed E-state index contributed by atoms with van der Waals surface area (Å²) in [4.78, 5) is 22.7. The van der Waals surface area contributed by atoms with Crippen molar-refractivity contribution in [2.24, 2.45) is 0 Å². The molecule has 0 unspecified atom stereocenters. The number of rotatable bonds is 2. The van der Waals surface area contributed by atoms with Crippen LogP contribution in [0.25, 0.3) is 0 Å². The van der Waals surface area contributed by atoms with Gasteiger partial charge in [0.2, 0.25) is 0 Å². The number of ketones is 1. The number of Topliss-reactive ketones (excluding diaryl/α,β-unsaturated/α-hetero) is 1. The summed E-state index contributed by atoms with van der Waals surface area (Å²) in [7, 11) is 0. The Morgan fingerprint density at radius 2 is 2.36 bits per heavy atom. The molecule has 0 aliphatic carbocycles. The quantitative estimate of drug-likeness (QED) is 0.394. The van der Waals surface area contributed by atoms with Crippen LogP contribution >= 0.6 is 0 Å². The molecule has 1 heterocycles. The van der Waals surface area contributed by atoms with Crippen LogP contribution in [-0.2, 0) is 0 Å². The fraction of sp³-hybridized carbons (Fsp3) is 0.167. The van der Waals surface area contributed by atoms with Gasteiger partial charge < -0.3 is 4.98 Å². The van der Waals surface area contributed by atoms with Crippen molar-refractivity contribution in [2.45, 2.75) is 6.92 Å². The molecule has 0 aliphatic rings. The molecule has 11 heavy (non-hydrogen) atoms. The van der Waals surface area contributed by atoms with Crippen molar-refractivity contribution in [1.29, 1.82) is 0 Å². The van der Waals surface area contributed by atoms with Crippen LogP contribution in [0.4, 0.5) is 5.69 Å². The lowest BCUT2D eigenvalue weighted by atomic mass is 10.3. The molecule has 0 fully saturated rings. The van der Waals surface area contributed by atoms with Gasteiger partial charge in [0.1, 0.15) is 0 Å². The predicted molar refractivity (Wildman–Crippen MR) is 37.5 cm³/mol. The summed E-state index contributed by atoms with van der Waals surface area (Å²) in [6.07, 6.45) is 1.19. The first-order valence-corrected chi connectivity index (χ1v) is 2.95. The molecule has 1 aromatic heterocycles. The number of hydrogen-bond donors (Lipinski definition) is 1. The van der Waals surface area contributed by atoms with Crippen molar-refractivity contribution < 1.29 is 9.72 Å². The van der Waals surface area contributed by atoms with E-state index in [1.165, 1.54) is 19.2 Å². The molecule has 1 aromatic rings. The number of nitrogens with one attached hydrogen (secondary N) is 1. The van der Waals surface area contributed by atoms with E-state index < -0.39 is 4.92 Å². The monoisotopic (exact) mass is 154 g/mol. The Morgan fingerprint density at radius 3 is 2.64 bits per heavy atom. The second kappa shape index (κ2) is 2.53. The number of aromatic amines is 1. The van der Waals surface area contributed by atoms with Crippen LogP contribution in [-0.4, -0.2) is 15.7 Å². The number of hydrogen-bond acceptors (Lipinski definition) is 3. The zero-order chi connectivity index (χ0) is 8.43. The van der Waals surface area contributed by atoms with Crippen LogP contribution in [0.15, 0.2) is 12.3 Å². The molecule has 5 nitrogen and oxygen atoms in total. The minimum Gasteiger partial charge on any atom is -0.353 e. The molecule has 0 atom stereocenters. The Balaban J connectivity index is 2.99. The lowest BCUT2D eigenvalue weighted by molar-refractivity contribution is -0.384. The number of aromatic nitrogens is 1. The van der Waals surface area contributed by atoms with Crippen molar-refractivity contribution in [3.63, 3.8) is 0 Å². The maximum absolute atomic E-state index is 10.6. The van der Waals surface area contributed by atoms with Crippen molar-refractivity contribution in [3.8, 4) is 0 Å². The van der Waals surface area contributed by atoms with E-state index in [0.717, 1.165) is 0 Å². The van der Waals surface area contributed by atoms with Gasteiger partial charge in [-0.15, -0.1) is 0 Å². The fourth-order valence-corrected chi connectivity index (χ4v) is 0.692. The van der Waals surface area contributed by atoms with Crippen molar-refractivity contribution >= 4 is 11.5 Å². The molecule has 0 aliphatic heterocycles. The third-order valence-corrected chi connectivity index (χ3v) is 1.26. The standard InChI is InChI=1S/C6H6N2O3/c1-4(9)6-2-5(3-7-6)8(10)11/h2-3,7H,1H3. The summed E-state index contributed by atoms with van der Waals surface area (Å²) < 4.78 is 0. The van der Waals surface area contributed by atoms with Crippen LogP contribution in [0, 0.1) is 10.1 Å². The highest BCUT2D eigenvalue weighted by molar-refractivity contribution is 5.92. The van der Waals surface area contributed by atoms with Gasteiger partial charge in [-0.2, -0.15) is 0 Å². The number of carbonyl (C=O) groups excluding carboxylic acids is 1. The Labute approximate surface area is 62.2 Å². The van der Waals surface area contributed by atoms with E-state index in [4.69, 9.17) is 0 Å². The van der Waals surface area contributed by atoms with Crippen molar-refractivity contribution in [2.75, 3.05) is 0 Å². The van der Waals surface area contributed by atoms with Gasteiger partial charge in [-0.1, -0.05) is 0 Å². The normalized spacial score (nSPS) is 9.55. The average Bonchev–Trinajstić information content (AvgIpc) is 2.33. The molecule has 0 saturated heterocycles. The molecule has 0 bridgehead atoms. The van der Waals surface area contributed by atoms with E-state index in [1.54, 1.807) is 0 Å². The molecule has 58 valence electrons. The molecule has 0 radical (unpaired) electrons. The summed E-state index contributed by atoms with van der Waals surface area (Å²) in [5.41, 5.74) is 0.173. The highest BCUT2D eigenvalue weighted by Gasteiger charge is 2.10. The van der Waals surface area contributed by atoms with E-state index in [1.807, 2.05) is 0 Å². The third-order valence-electron chi connectivity index (χ3n) is 1.26. The summed E-state index contributed by atoms with van der Waals surface area (Å²) in [5, 5.41) is 10.1. The Morgan fingerprint density at radius 1 is 1.73 bits per heavy atom. The molecule has 0 aromatic carbocycles. The van der Waals surface area contributed by atoms with Gasteiger partial charge in [0.15, 0.2) is 5.78 Å². The second-order valence-corrected chi connectivity index (χ2v) is 2.08. The van der Waals surface area contributed by atoms with Crippen LogP contribution in [0.2, 0.25) is 0 Å². The van der Waals surface area contributed by atoms with Gasteiger partial charge in [0.25, 0.3) is 5.69 Å². The first kappa shape index (κ1) is 7.46. The topological polar surface area (TPSA) is 76.0 Å². The van der Waals surface area contributed by atoms with Gasteiger partial charge in [-0.3, -0.25) is 14.9 Å². The van der Waals surface area contributed by atoms with E-state index in [0.29, 0.717) is 0 Å². The Kier molecular flexibility index (Phi) is 1.72. The first-order valence-electron chi connectivity index (χ1n) is 2.95. The molecule has 5 heteroatoms. The van der Waals surface area contributed by atoms with E-state index in [-0.39, 0.29) is 17.2 Å². The Hall–Kier alpha value is -1.65. The van der Waals surface area contributed by atoms with Crippen LogP contribution in [0.3, 0.4) is 0 Å². The smallest absolute Gasteiger partial charge is 0.287 e. The van der Waals surface area contributed by atoms with Gasteiger partial charge in [-0.25, -0.2) is 0 Å². The fourth-order valence-electron chi connectivity index (χ4n) is 0.692. The van der Waals surface area contributed by atoms with Crippen molar-refractivity contribution in [1.82, 2.24) is 4.98 Å². The van der Waals surface area contributed by atoms with E-state index >= 15 is 0 Å². The first-order chi connectivity index (χ1) is 5.11. The van der Waals surface area contributed by atoms with Crippen LogP contribution < -0.4 is 0 Å². The molecular weight excluding hydrogens is 148 g/mol. The average molecular weight is 154 g/mol. The van der Waals surface area contributed by atoms with Gasteiger partial charge in [0.05, 0.1) is 16.8 Å². The molecule has 0 saturated carbocycles. The maximum Gasteiger partial charge on any atom is 0.287 e. The third kappa shape index (κ3) is 1.43. The number of H-pyrrole nitrogens is 1. The zero-order valence-corrected chi connectivity index (χ0v) is 5.83. The molecular formula is C6H6N2O3. The molecule has 1 N–H and O–H groups in total. The summed E-state index contributed by atoms with van der Waals surface area (Å²) in [5.74, 6) is -0.210. The maximum atomic E-state index is 10.6. The highest BCUT2D eigenvalue weighted by Crippen LogP contribution is 2.11. The lowest BCUT2D eigenvalue weighted by Gasteiger charge is -1.82. The van der Waals surface area contributed by atoms with E-state index in [2.05, 4.69) is 4.98 Å². The highest BCUT2D eigenvalue weighted by atomic mass is 16.6. The number of carbonyl (C=O) groups is 1. The summed E-state index contributed by atoms with van der Waals surface area (Å²) in [6.45, 7) is 1.34. The summed E-state index contributed by atoms with van der Waals surface area (Å²) in [6, 6.07) is 1.21. The Bertz CT molecular complexity index is 274. The zero-order valence-electron chi connectivity index (χ0n) is 5.83. The SMILES string of the molecule is CC(=O)c1cc([N+](=O)[O-])c[nH]1. The van der Waals surface area contributed by atoms with Crippen LogP contribution in [0.5, 0.6) is 0 Å². The van der Waals surface area contributed by atoms with Crippen LogP contribution in [0.1, 0.15) is 17.4 Å². The van der Waals surface area contributed by atoms with Gasteiger partial charge in [-0.05, 0) is 0 Å². The number of nitrogens with zero attached hydrogens (tertiary/aromatic N) is 1. The minimum atomic E-state index is -0.553. The van der Waals surface area contributed by atoms with E-state index in [9.17, 15) is 14.9 Å². The van der Waals surface area contributed by atoms with Crippen molar-refractivity contribution in [3.05, 3.63) is 28.1 Å². The second-order valence-electron chi connectivity index (χ2n) is 2.08. The largest absolute Gasteiger partial charge is 0.353 e. The lowest BCUT2D eigenvalue weighted by Crippen LogP contribution is -1.90. The molecule has 1 rings (SSSR count). The predicted octanol–water partition coefficient (Wildman–Crippen LogP) is 1.13. The minimum absolute atomic E-state index is 0.0878. The summed E-state index contributed by atoms with van der Waals surface area (Å²) >= 11 is 0. The van der Waals surface area contributed by atoms with Gasteiger partial charge >= 0.3 is 0 Å². The molecule has 0 amide bonds. The van der Waals surface area contributed by atoms with Gasteiger partial charge in [0, 0.05) is 13.0 Å². The number of nitro groups is 1.